The minimum Gasteiger partial charge on any atom is -0.372 e. The number of hydrogen-bond donors (Lipinski definition) is 2. The van der Waals surface area contributed by atoms with E-state index >= 15 is 0 Å². The topological polar surface area (TPSA) is 44.4 Å². The third kappa shape index (κ3) is 5.13. The number of carbonyl (C=O) groups is 1. The van der Waals surface area contributed by atoms with Gasteiger partial charge in [-0.3, -0.25) is 0 Å². The zero-order valence-corrected chi connectivity index (χ0v) is 15.8. The zero-order valence-electron chi connectivity index (χ0n) is 15.8. The van der Waals surface area contributed by atoms with Crippen molar-refractivity contribution in [3.63, 3.8) is 0 Å². The van der Waals surface area contributed by atoms with Gasteiger partial charge in [-0.1, -0.05) is 38.3 Å². The lowest BCUT2D eigenvalue weighted by atomic mass is 9.96. The number of nitrogens with zero attached hydrogens (tertiary/aromatic N) is 1. The Morgan fingerprint density at radius 2 is 1.68 bits per heavy atom. The van der Waals surface area contributed by atoms with Crippen LogP contribution in [0.4, 0.5) is 10.5 Å². The van der Waals surface area contributed by atoms with Crippen LogP contribution in [-0.4, -0.2) is 25.2 Å². The van der Waals surface area contributed by atoms with E-state index in [0.717, 1.165) is 37.4 Å². The zero-order chi connectivity index (χ0) is 17.6. The van der Waals surface area contributed by atoms with Crippen LogP contribution in [0.2, 0.25) is 0 Å². The molecule has 1 heterocycles. The SMILES string of the molecule is CC1CCN(c2ccc([C@H](C)NC(=O)NC3CCCCC3)cc2)CC1. The van der Waals surface area contributed by atoms with Gasteiger partial charge in [-0.25, -0.2) is 4.79 Å². The first-order chi connectivity index (χ1) is 12.1. The number of nitrogens with one attached hydrogen (secondary N) is 2. The Balaban J connectivity index is 1.50. The Morgan fingerprint density at radius 1 is 1.04 bits per heavy atom. The highest BCUT2D eigenvalue weighted by molar-refractivity contribution is 5.74. The summed E-state index contributed by atoms with van der Waals surface area (Å²) in [6.45, 7) is 6.69. The van der Waals surface area contributed by atoms with Crippen LogP contribution < -0.4 is 15.5 Å². The molecule has 1 aromatic rings. The molecule has 1 aliphatic heterocycles. The predicted molar refractivity (Wildman–Crippen MR) is 104 cm³/mol. The van der Waals surface area contributed by atoms with Crippen molar-refractivity contribution in [2.75, 3.05) is 18.0 Å². The molecular weight excluding hydrogens is 310 g/mol. The van der Waals surface area contributed by atoms with Gasteiger partial charge in [-0.2, -0.15) is 0 Å². The van der Waals surface area contributed by atoms with Gasteiger partial charge in [0.2, 0.25) is 0 Å². The first-order valence-electron chi connectivity index (χ1n) is 10.0. The van der Waals surface area contributed by atoms with Crippen molar-refractivity contribution in [3.8, 4) is 0 Å². The molecule has 0 radical (unpaired) electrons. The number of anilines is 1. The third-order valence-electron chi connectivity index (χ3n) is 5.83. The Hall–Kier alpha value is -1.71. The molecule has 2 N–H and O–H groups in total. The highest BCUT2D eigenvalue weighted by Gasteiger charge is 2.18. The lowest BCUT2D eigenvalue weighted by Gasteiger charge is -2.32. The van der Waals surface area contributed by atoms with Crippen LogP contribution in [0.15, 0.2) is 24.3 Å². The van der Waals surface area contributed by atoms with E-state index in [-0.39, 0.29) is 12.1 Å². The van der Waals surface area contributed by atoms with Crippen LogP contribution >= 0.6 is 0 Å². The van der Waals surface area contributed by atoms with E-state index in [9.17, 15) is 4.79 Å². The molecule has 1 aromatic carbocycles. The van der Waals surface area contributed by atoms with Gasteiger partial charge in [0.05, 0.1) is 6.04 Å². The van der Waals surface area contributed by atoms with E-state index in [1.165, 1.54) is 37.8 Å². The van der Waals surface area contributed by atoms with Crippen molar-refractivity contribution < 1.29 is 4.79 Å². The normalized spacial score (nSPS) is 21.0. The number of benzene rings is 1. The molecule has 0 aromatic heterocycles. The molecule has 1 aliphatic carbocycles. The van der Waals surface area contributed by atoms with E-state index in [1.807, 2.05) is 0 Å². The maximum Gasteiger partial charge on any atom is 0.315 e. The number of carbonyl (C=O) groups excluding carboxylic acids is 1. The Morgan fingerprint density at radius 3 is 2.32 bits per heavy atom. The summed E-state index contributed by atoms with van der Waals surface area (Å²) < 4.78 is 0. The maximum atomic E-state index is 12.2. The second-order valence-corrected chi connectivity index (χ2v) is 7.94. The summed E-state index contributed by atoms with van der Waals surface area (Å²) in [5.74, 6) is 0.849. The van der Waals surface area contributed by atoms with Crippen LogP contribution in [0.3, 0.4) is 0 Å². The fraction of sp³-hybridized carbons (Fsp3) is 0.667. The van der Waals surface area contributed by atoms with Crippen molar-refractivity contribution in [2.24, 2.45) is 5.92 Å². The molecule has 138 valence electrons. The summed E-state index contributed by atoms with van der Waals surface area (Å²) >= 11 is 0. The average Bonchev–Trinajstić information content (AvgIpc) is 2.63. The van der Waals surface area contributed by atoms with Gasteiger partial charge in [-0.05, 0) is 56.2 Å². The van der Waals surface area contributed by atoms with Crippen LogP contribution in [0.25, 0.3) is 0 Å². The molecule has 3 rings (SSSR count). The molecule has 25 heavy (non-hydrogen) atoms. The van der Waals surface area contributed by atoms with Crippen LogP contribution in [0.5, 0.6) is 0 Å². The van der Waals surface area contributed by atoms with Gasteiger partial charge in [-0.15, -0.1) is 0 Å². The molecule has 1 saturated carbocycles. The summed E-state index contributed by atoms with van der Waals surface area (Å²) in [5.41, 5.74) is 2.46. The van der Waals surface area contributed by atoms with Gasteiger partial charge < -0.3 is 15.5 Å². The van der Waals surface area contributed by atoms with Crippen LogP contribution in [0.1, 0.15) is 70.4 Å². The molecule has 2 amide bonds. The lowest BCUT2D eigenvalue weighted by Crippen LogP contribution is -2.43. The van der Waals surface area contributed by atoms with Crippen molar-refractivity contribution >= 4 is 11.7 Å². The molecule has 4 nitrogen and oxygen atoms in total. The summed E-state index contributed by atoms with van der Waals surface area (Å²) in [7, 11) is 0. The van der Waals surface area contributed by atoms with E-state index in [2.05, 4.69) is 53.6 Å². The predicted octanol–water partition coefficient (Wildman–Crippen LogP) is 4.62. The van der Waals surface area contributed by atoms with E-state index in [0.29, 0.717) is 6.04 Å². The van der Waals surface area contributed by atoms with Gasteiger partial charge in [0.1, 0.15) is 0 Å². The Kier molecular flexibility index (Phi) is 6.22. The fourth-order valence-corrected chi connectivity index (χ4v) is 3.99. The quantitative estimate of drug-likeness (QED) is 0.838. The largest absolute Gasteiger partial charge is 0.372 e. The smallest absolute Gasteiger partial charge is 0.315 e. The van der Waals surface area contributed by atoms with Gasteiger partial charge in [0, 0.05) is 24.8 Å². The Bertz CT molecular complexity index is 543. The second-order valence-electron chi connectivity index (χ2n) is 7.94. The highest BCUT2D eigenvalue weighted by atomic mass is 16.2. The molecule has 2 fully saturated rings. The summed E-state index contributed by atoms with van der Waals surface area (Å²) in [5, 5.41) is 6.21. The van der Waals surface area contributed by atoms with Crippen LogP contribution in [0, 0.1) is 5.92 Å². The van der Waals surface area contributed by atoms with Crippen LogP contribution in [-0.2, 0) is 0 Å². The minimum absolute atomic E-state index is 0.0269. The second kappa shape index (κ2) is 8.59. The molecule has 1 atom stereocenters. The molecule has 1 saturated heterocycles. The molecule has 0 bridgehead atoms. The number of piperidine rings is 1. The minimum atomic E-state index is -0.0338. The van der Waals surface area contributed by atoms with Gasteiger partial charge in [0.25, 0.3) is 0 Å². The summed E-state index contributed by atoms with van der Waals surface area (Å²) in [4.78, 5) is 14.7. The first kappa shape index (κ1) is 18.1. The fourth-order valence-electron chi connectivity index (χ4n) is 3.99. The highest BCUT2D eigenvalue weighted by Crippen LogP contribution is 2.24. The van der Waals surface area contributed by atoms with Gasteiger partial charge in [0.15, 0.2) is 0 Å². The van der Waals surface area contributed by atoms with E-state index < -0.39 is 0 Å². The average molecular weight is 344 g/mol. The van der Waals surface area contributed by atoms with Crippen molar-refractivity contribution in [2.45, 2.75) is 70.9 Å². The number of rotatable bonds is 4. The van der Waals surface area contributed by atoms with Crippen molar-refractivity contribution in [1.29, 1.82) is 0 Å². The first-order valence-corrected chi connectivity index (χ1v) is 10.0. The summed E-state index contributed by atoms with van der Waals surface area (Å²) in [6.07, 6.45) is 8.56. The van der Waals surface area contributed by atoms with Gasteiger partial charge >= 0.3 is 6.03 Å². The monoisotopic (exact) mass is 343 g/mol. The maximum absolute atomic E-state index is 12.2. The lowest BCUT2D eigenvalue weighted by molar-refractivity contribution is 0.229. The summed E-state index contributed by atoms with van der Waals surface area (Å²) in [6, 6.07) is 9.04. The van der Waals surface area contributed by atoms with E-state index in [4.69, 9.17) is 0 Å². The third-order valence-corrected chi connectivity index (χ3v) is 5.83. The molecule has 0 spiro atoms. The number of urea groups is 1. The molecule has 0 unspecified atom stereocenters. The number of amides is 2. The van der Waals surface area contributed by atoms with Crippen molar-refractivity contribution in [1.82, 2.24) is 10.6 Å². The number of hydrogen-bond acceptors (Lipinski definition) is 2. The van der Waals surface area contributed by atoms with E-state index in [1.54, 1.807) is 0 Å². The Labute approximate surface area is 152 Å². The molecule has 2 aliphatic rings. The standard InChI is InChI=1S/C21H33N3O/c1-16-12-14-24(15-13-16)20-10-8-18(9-11-20)17(2)22-21(25)23-19-6-4-3-5-7-19/h8-11,16-17,19H,3-7,12-15H2,1-2H3,(H2,22,23,25)/t17-/m0/s1. The molecule has 4 heteroatoms. The van der Waals surface area contributed by atoms with Crippen molar-refractivity contribution in [3.05, 3.63) is 29.8 Å². The molecular formula is C21H33N3O.